The minimum atomic E-state index is -0.473. The largest absolute Gasteiger partial charge is 0.489 e. The highest BCUT2D eigenvalue weighted by Crippen LogP contribution is 2.31. The molecule has 0 amide bonds. The lowest BCUT2D eigenvalue weighted by Crippen LogP contribution is -2.02. The summed E-state index contributed by atoms with van der Waals surface area (Å²) >= 11 is 3.21. The molecule has 0 bridgehead atoms. The first-order valence-electron chi connectivity index (χ1n) is 6.34. The second-order valence-corrected chi connectivity index (χ2v) is 4.99. The molecule has 2 aromatic carbocycles. The Morgan fingerprint density at radius 3 is 2.52 bits per heavy atom. The summed E-state index contributed by atoms with van der Waals surface area (Å²) < 4.78 is 10.9. The Kier molecular flexibility index (Phi) is 5.57. The number of nitro benzene ring substituents is 1. The summed E-state index contributed by atoms with van der Waals surface area (Å²) in [6.07, 6.45) is 0. The Morgan fingerprint density at radius 2 is 1.86 bits per heavy atom. The Balaban J connectivity index is 2.10. The van der Waals surface area contributed by atoms with Crippen molar-refractivity contribution in [1.82, 2.24) is 0 Å². The molecule has 21 heavy (non-hydrogen) atoms. The smallest absolute Gasteiger partial charge is 0.314 e. The lowest BCUT2D eigenvalue weighted by molar-refractivity contribution is -0.385. The van der Waals surface area contributed by atoms with Gasteiger partial charge in [0.25, 0.3) is 0 Å². The number of halogens is 1. The normalized spacial score (nSPS) is 10.1. The molecule has 0 radical (unpaired) electrons. The number of nitrogens with zero attached hydrogens (tertiary/aromatic N) is 1. The zero-order chi connectivity index (χ0) is 15.1. The van der Waals surface area contributed by atoms with Gasteiger partial charge in [0.2, 0.25) is 0 Å². The first-order valence-corrected chi connectivity index (χ1v) is 7.47. The minimum Gasteiger partial charge on any atom is -0.489 e. The maximum absolute atomic E-state index is 11.1. The molecule has 0 aliphatic carbocycles. The second-order valence-electron chi connectivity index (χ2n) is 4.20. The predicted molar refractivity (Wildman–Crippen MR) is 83.2 cm³/mol. The topological polar surface area (TPSA) is 61.6 Å². The van der Waals surface area contributed by atoms with E-state index in [4.69, 9.17) is 9.47 Å². The summed E-state index contributed by atoms with van der Waals surface area (Å²) in [5.74, 6) is 0.684. The Labute approximate surface area is 130 Å². The number of hydrogen-bond donors (Lipinski definition) is 0. The van der Waals surface area contributed by atoms with Crippen LogP contribution in [0.2, 0.25) is 0 Å². The molecule has 0 heterocycles. The van der Waals surface area contributed by atoms with Crippen LogP contribution in [0.4, 0.5) is 5.69 Å². The van der Waals surface area contributed by atoms with Crippen molar-refractivity contribution in [3.8, 4) is 11.5 Å². The van der Waals surface area contributed by atoms with Crippen LogP contribution in [0.25, 0.3) is 0 Å². The average Bonchev–Trinajstić information content (AvgIpc) is 2.52. The summed E-state index contributed by atoms with van der Waals surface area (Å²) in [5.41, 5.74) is 0.904. The van der Waals surface area contributed by atoms with Crippen LogP contribution < -0.4 is 9.47 Å². The van der Waals surface area contributed by atoms with Gasteiger partial charge in [0.1, 0.15) is 12.4 Å². The molecular weight excluding hydrogens is 338 g/mol. The monoisotopic (exact) mass is 351 g/mol. The fourth-order valence-electron chi connectivity index (χ4n) is 1.74. The lowest BCUT2D eigenvalue weighted by Gasteiger charge is -2.09. The first kappa shape index (κ1) is 15.3. The molecule has 110 valence electrons. The maximum atomic E-state index is 11.1. The number of hydrogen-bond acceptors (Lipinski definition) is 4. The molecule has 0 fully saturated rings. The van der Waals surface area contributed by atoms with Crippen LogP contribution in [0.5, 0.6) is 11.5 Å². The Morgan fingerprint density at radius 1 is 1.10 bits per heavy atom. The van der Waals surface area contributed by atoms with Gasteiger partial charge in [-0.2, -0.15) is 0 Å². The third-order valence-electron chi connectivity index (χ3n) is 2.71. The molecule has 5 nitrogen and oxygen atoms in total. The van der Waals surface area contributed by atoms with Gasteiger partial charge in [-0.1, -0.05) is 46.3 Å². The zero-order valence-corrected chi connectivity index (χ0v) is 12.8. The number of nitro groups is 1. The maximum Gasteiger partial charge on any atom is 0.314 e. The molecule has 0 unspecified atom stereocenters. The summed E-state index contributed by atoms with van der Waals surface area (Å²) in [6.45, 7) is 0.727. The molecule has 0 aliphatic heterocycles. The van der Waals surface area contributed by atoms with Crippen molar-refractivity contribution < 1.29 is 14.4 Å². The molecular formula is C15H14BrNO4. The van der Waals surface area contributed by atoms with E-state index in [-0.39, 0.29) is 11.4 Å². The molecule has 6 heteroatoms. The van der Waals surface area contributed by atoms with Gasteiger partial charge >= 0.3 is 5.69 Å². The van der Waals surface area contributed by atoms with Gasteiger partial charge in [-0.3, -0.25) is 10.1 Å². The molecule has 0 N–H and O–H groups in total. The van der Waals surface area contributed by atoms with Crippen LogP contribution in [0.3, 0.4) is 0 Å². The molecule has 0 aromatic heterocycles. The van der Waals surface area contributed by atoms with Gasteiger partial charge in [0.05, 0.1) is 17.6 Å². The van der Waals surface area contributed by atoms with Gasteiger partial charge in [-0.05, 0) is 17.7 Å². The summed E-state index contributed by atoms with van der Waals surface area (Å²) in [5, 5.41) is 11.7. The third kappa shape index (κ3) is 4.46. The highest BCUT2D eigenvalue weighted by atomic mass is 79.9. The summed E-state index contributed by atoms with van der Waals surface area (Å²) in [7, 11) is 0. The minimum absolute atomic E-state index is 0.0958. The molecule has 2 rings (SSSR count). The predicted octanol–water partition coefficient (Wildman–Crippen LogP) is 3.95. The fraction of sp³-hybridized carbons (Fsp3) is 0.200. The van der Waals surface area contributed by atoms with Crippen LogP contribution >= 0.6 is 15.9 Å². The van der Waals surface area contributed by atoms with Gasteiger partial charge < -0.3 is 9.47 Å². The fourth-order valence-corrected chi connectivity index (χ4v) is 1.90. The highest BCUT2D eigenvalue weighted by molar-refractivity contribution is 9.09. The Bertz CT molecular complexity index is 604. The number of benzene rings is 2. The number of rotatable bonds is 7. The standard InChI is InChI=1S/C15H14BrNO4/c16-8-9-20-15-7-6-13(10-14(15)17(18)19)21-11-12-4-2-1-3-5-12/h1-7,10H,8-9,11H2. The summed E-state index contributed by atoms with van der Waals surface area (Å²) in [4.78, 5) is 10.6. The lowest BCUT2D eigenvalue weighted by atomic mass is 10.2. The molecule has 0 spiro atoms. The quantitative estimate of drug-likeness (QED) is 0.430. The van der Waals surface area contributed by atoms with E-state index < -0.39 is 4.92 Å². The van der Waals surface area contributed by atoms with Gasteiger partial charge in [-0.25, -0.2) is 0 Å². The van der Waals surface area contributed by atoms with Gasteiger partial charge in [0.15, 0.2) is 5.75 Å². The van der Waals surface area contributed by atoms with E-state index in [1.807, 2.05) is 30.3 Å². The van der Waals surface area contributed by atoms with E-state index in [1.165, 1.54) is 6.07 Å². The van der Waals surface area contributed by atoms with Crippen molar-refractivity contribution in [2.45, 2.75) is 6.61 Å². The van der Waals surface area contributed by atoms with Gasteiger partial charge in [-0.15, -0.1) is 0 Å². The molecule has 0 saturated carbocycles. The average molecular weight is 352 g/mol. The Hall–Kier alpha value is -2.08. The number of alkyl halides is 1. The van der Waals surface area contributed by atoms with Crippen LogP contribution in [0.15, 0.2) is 48.5 Å². The van der Waals surface area contributed by atoms with Crippen molar-refractivity contribution in [3.05, 3.63) is 64.2 Å². The van der Waals surface area contributed by atoms with Crippen molar-refractivity contribution in [2.75, 3.05) is 11.9 Å². The van der Waals surface area contributed by atoms with Crippen molar-refractivity contribution in [1.29, 1.82) is 0 Å². The zero-order valence-electron chi connectivity index (χ0n) is 11.2. The van der Waals surface area contributed by atoms with E-state index in [0.717, 1.165) is 5.56 Å². The van der Waals surface area contributed by atoms with E-state index in [1.54, 1.807) is 12.1 Å². The van der Waals surface area contributed by atoms with Gasteiger partial charge in [0, 0.05) is 5.33 Å². The van der Waals surface area contributed by atoms with E-state index in [0.29, 0.717) is 24.3 Å². The molecule has 2 aromatic rings. The summed E-state index contributed by atoms with van der Waals surface area (Å²) in [6, 6.07) is 14.2. The van der Waals surface area contributed by atoms with Crippen LogP contribution in [0.1, 0.15) is 5.56 Å². The highest BCUT2D eigenvalue weighted by Gasteiger charge is 2.16. The van der Waals surface area contributed by atoms with E-state index in [2.05, 4.69) is 15.9 Å². The molecule has 0 atom stereocenters. The first-order chi connectivity index (χ1) is 10.2. The van der Waals surface area contributed by atoms with E-state index >= 15 is 0 Å². The SMILES string of the molecule is O=[N+]([O-])c1cc(OCc2ccccc2)ccc1OCCBr. The van der Waals surface area contributed by atoms with Crippen LogP contribution in [-0.4, -0.2) is 16.9 Å². The van der Waals surface area contributed by atoms with Crippen molar-refractivity contribution >= 4 is 21.6 Å². The molecule has 0 saturated heterocycles. The van der Waals surface area contributed by atoms with E-state index in [9.17, 15) is 10.1 Å². The van der Waals surface area contributed by atoms with Crippen molar-refractivity contribution in [3.63, 3.8) is 0 Å². The third-order valence-corrected chi connectivity index (χ3v) is 3.03. The van der Waals surface area contributed by atoms with Crippen LogP contribution in [0, 0.1) is 10.1 Å². The number of ether oxygens (including phenoxy) is 2. The second kappa shape index (κ2) is 7.64. The van der Waals surface area contributed by atoms with Crippen molar-refractivity contribution in [2.24, 2.45) is 0 Å². The molecule has 0 aliphatic rings. The van der Waals surface area contributed by atoms with Crippen LogP contribution in [-0.2, 0) is 6.61 Å².